The summed E-state index contributed by atoms with van der Waals surface area (Å²) < 4.78 is 28.0. The fourth-order valence-corrected chi connectivity index (χ4v) is 2.79. The summed E-state index contributed by atoms with van der Waals surface area (Å²) in [6.45, 7) is 1.50. The van der Waals surface area contributed by atoms with E-state index in [-0.39, 0.29) is 5.56 Å². The number of benzene rings is 1. The van der Waals surface area contributed by atoms with Gasteiger partial charge in [-0.1, -0.05) is 6.07 Å². The molecule has 1 aromatic carbocycles. The molecule has 2 aromatic rings. The van der Waals surface area contributed by atoms with E-state index in [0.29, 0.717) is 4.88 Å². The van der Waals surface area contributed by atoms with Gasteiger partial charge < -0.3 is 0 Å². The monoisotopic (exact) mass is 316 g/mol. The highest BCUT2D eigenvalue weighted by Gasteiger charge is 2.21. The van der Waals surface area contributed by atoms with E-state index in [2.05, 4.69) is 15.9 Å². The molecule has 1 heterocycles. The van der Waals surface area contributed by atoms with E-state index in [1.165, 1.54) is 13.0 Å². The van der Waals surface area contributed by atoms with Crippen LogP contribution in [0.3, 0.4) is 0 Å². The molecule has 88 valence electrons. The molecule has 0 aliphatic heterocycles. The smallest absolute Gasteiger partial charge is 0.208 e. The van der Waals surface area contributed by atoms with Crippen LogP contribution in [0.25, 0.3) is 0 Å². The van der Waals surface area contributed by atoms with Crippen molar-refractivity contribution in [1.82, 2.24) is 0 Å². The minimum atomic E-state index is -0.831. The van der Waals surface area contributed by atoms with Crippen LogP contribution in [0.2, 0.25) is 0 Å². The quantitative estimate of drug-likeness (QED) is 0.754. The van der Waals surface area contributed by atoms with Gasteiger partial charge in [0.1, 0.15) is 11.6 Å². The largest absolute Gasteiger partial charge is 0.287 e. The maximum absolute atomic E-state index is 13.7. The fraction of sp³-hybridized carbons (Fsp3) is 0.0833. The van der Waals surface area contributed by atoms with Crippen LogP contribution in [0.15, 0.2) is 28.1 Å². The zero-order valence-electron chi connectivity index (χ0n) is 8.76. The van der Waals surface area contributed by atoms with E-state index >= 15 is 0 Å². The molecule has 0 fully saturated rings. The highest BCUT2D eigenvalue weighted by Crippen LogP contribution is 2.25. The predicted octanol–water partition coefficient (Wildman–Crippen LogP) is 4.33. The van der Waals surface area contributed by atoms with Crippen molar-refractivity contribution in [2.75, 3.05) is 0 Å². The molecule has 1 aromatic heterocycles. The van der Waals surface area contributed by atoms with Gasteiger partial charge in [0.2, 0.25) is 5.78 Å². The zero-order valence-corrected chi connectivity index (χ0v) is 11.2. The van der Waals surface area contributed by atoms with Gasteiger partial charge in [0.15, 0.2) is 0 Å². The maximum Gasteiger partial charge on any atom is 0.208 e. The molecule has 0 N–H and O–H groups in total. The van der Waals surface area contributed by atoms with Crippen molar-refractivity contribution in [3.05, 3.63) is 55.7 Å². The maximum atomic E-state index is 13.7. The number of carbonyl (C=O) groups excluding carboxylic acids is 1. The number of hydrogen-bond acceptors (Lipinski definition) is 2. The Morgan fingerprint density at radius 3 is 2.65 bits per heavy atom. The van der Waals surface area contributed by atoms with Crippen LogP contribution in [0.1, 0.15) is 20.8 Å². The number of ketones is 1. The molecule has 0 spiro atoms. The molecule has 0 atom stereocenters. The Hall–Kier alpha value is -1.07. The summed E-state index contributed by atoms with van der Waals surface area (Å²) in [6.07, 6.45) is 0. The number of hydrogen-bond donors (Lipinski definition) is 0. The van der Waals surface area contributed by atoms with E-state index in [9.17, 15) is 13.6 Å². The lowest BCUT2D eigenvalue weighted by Gasteiger charge is -2.04. The Labute approximate surface area is 109 Å². The average Bonchev–Trinajstić information content (AvgIpc) is 2.71. The lowest BCUT2D eigenvalue weighted by molar-refractivity contribution is 0.103. The second kappa shape index (κ2) is 4.66. The highest BCUT2D eigenvalue weighted by molar-refractivity contribution is 9.10. The molecule has 0 saturated carbocycles. The van der Waals surface area contributed by atoms with Crippen LogP contribution in [0.5, 0.6) is 0 Å². The fourth-order valence-electron chi connectivity index (χ4n) is 1.42. The molecule has 0 amide bonds. The van der Waals surface area contributed by atoms with Crippen LogP contribution in [-0.2, 0) is 0 Å². The van der Waals surface area contributed by atoms with Gasteiger partial charge in [0.25, 0.3) is 0 Å². The second-order valence-corrected chi connectivity index (χ2v) is 5.34. The van der Waals surface area contributed by atoms with Crippen molar-refractivity contribution in [1.29, 1.82) is 0 Å². The SMILES string of the molecule is Cc1ccc(F)c(C(=O)c2cc(Br)cs2)c1F. The molecule has 0 aliphatic carbocycles. The average molecular weight is 317 g/mol. The Morgan fingerprint density at radius 2 is 2.06 bits per heavy atom. The summed E-state index contributed by atoms with van der Waals surface area (Å²) in [7, 11) is 0. The van der Waals surface area contributed by atoms with Crippen molar-refractivity contribution in [3.8, 4) is 0 Å². The summed E-state index contributed by atoms with van der Waals surface area (Å²) in [6, 6.07) is 3.97. The lowest BCUT2D eigenvalue weighted by Crippen LogP contribution is -2.07. The molecule has 17 heavy (non-hydrogen) atoms. The summed E-state index contributed by atoms with van der Waals surface area (Å²) in [5.41, 5.74) is -0.232. The molecular formula is C12H7BrF2OS. The van der Waals surface area contributed by atoms with Crippen molar-refractivity contribution in [2.24, 2.45) is 0 Å². The van der Waals surface area contributed by atoms with Gasteiger partial charge in [-0.3, -0.25) is 4.79 Å². The van der Waals surface area contributed by atoms with Crippen LogP contribution < -0.4 is 0 Å². The van der Waals surface area contributed by atoms with Crippen molar-refractivity contribution in [3.63, 3.8) is 0 Å². The molecule has 2 rings (SSSR count). The van der Waals surface area contributed by atoms with Gasteiger partial charge in [-0.05, 0) is 40.5 Å². The number of halogens is 3. The van der Waals surface area contributed by atoms with Crippen LogP contribution in [0.4, 0.5) is 8.78 Å². The van der Waals surface area contributed by atoms with Gasteiger partial charge in [0, 0.05) is 9.85 Å². The van der Waals surface area contributed by atoms with Crippen LogP contribution in [0, 0.1) is 18.6 Å². The Bertz CT molecular complexity index is 592. The van der Waals surface area contributed by atoms with Gasteiger partial charge in [-0.25, -0.2) is 8.78 Å². The number of thiophene rings is 1. The van der Waals surface area contributed by atoms with E-state index in [1.54, 1.807) is 11.4 Å². The third kappa shape index (κ3) is 2.30. The standard InChI is InChI=1S/C12H7BrF2OS/c1-6-2-3-8(14)10(11(6)15)12(16)9-4-7(13)5-17-9/h2-5H,1H3. The first-order valence-corrected chi connectivity index (χ1v) is 6.41. The van der Waals surface area contributed by atoms with Crippen molar-refractivity contribution in [2.45, 2.75) is 6.92 Å². The topological polar surface area (TPSA) is 17.1 Å². The predicted molar refractivity (Wildman–Crippen MR) is 66.5 cm³/mol. The Kier molecular flexibility index (Phi) is 3.40. The first-order valence-electron chi connectivity index (χ1n) is 4.74. The summed E-state index contributed by atoms with van der Waals surface area (Å²) in [4.78, 5) is 12.3. The molecule has 5 heteroatoms. The van der Waals surface area contributed by atoms with Gasteiger partial charge in [-0.15, -0.1) is 11.3 Å². The molecule has 0 bridgehead atoms. The first-order chi connectivity index (χ1) is 8.00. The van der Waals surface area contributed by atoms with Gasteiger partial charge >= 0.3 is 0 Å². The van der Waals surface area contributed by atoms with Crippen molar-refractivity contribution < 1.29 is 13.6 Å². The Balaban J connectivity index is 2.54. The third-order valence-electron chi connectivity index (χ3n) is 2.30. The van der Waals surface area contributed by atoms with Crippen molar-refractivity contribution >= 4 is 33.0 Å². The molecule has 0 radical (unpaired) electrons. The Morgan fingerprint density at radius 1 is 1.35 bits per heavy atom. The third-order valence-corrected chi connectivity index (χ3v) is 3.99. The van der Waals surface area contributed by atoms with Crippen LogP contribution >= 0.6 is 27.3 Å². The summed E-state index contributed by atoms with van der Waals surface area (Å²) in [5, 5.41) is 1.69. The van der Waals surface area contributed by atoms with Gasteiger partial charge in [0.05, 0.1) is 10.4 Å². The van der Waals surface area contributed by atoms with Gasteiger partial charge in [-0.2, -0.15) is 0 Å². The second-order valence-electron chi connectivity index (χ2n) is 3.51. The summed E-state index contributed by atoms with van der Waals surface area (Å²) in [5.74, 6) is -2.25. The molecular weight excluding hydrogens is 310 g/mol. The number of aryl methyl sites for hydroxylation is 1. The normalized spacial score (nSPS) is 10.6. The molecule has 0 aliphatic rings. The van der Waals surface area contributed by atoms with Crippen LogP contribution in [-0.4, -0.2) is 5.78 Å². The molecule has 0 unspecified atom stereocenters. The van der Waals surface area contributed by atoms with E-state index in [1.807, 2.05) is 0 Å². The minimum absolute atomic E-state index is 0.255. The molecule has 1 nitrogen and oxygen atoms in total. The lowest BCUT2D eigenvalue weighted by atomic mass is 10.0. The summed E-state index contributed by atoms with van der Waals surface area (Å²) >= 11 is 4.34. The number of rotatable bonds is 2. The highest BCUT2D eigenvalue weighted by atomic mass is 79.9. The minimum Gasteiger partial charge on any atom is -0.287 e. The first kappa shape index (κ1) is 12.4. The van der Waals surface area contributed by atoms with E-state index in [0.717, 1.165) is 21.9 Å². The number of carbonyl (C=O) groups is 1. The van der Waals surface area contributed by atoms with E-state index < -0.39 is 23.0 Å². The zero-order chi connectivity index (χ0) is 12.6. The molecule has 0 saturated heterocycles. The van der Waals surface area contributed by atoms with E-state index in [4.69, 9.17) is 0 Å².